The van der Waals surface area contributed by atoms with Gasteiger partial charge >= 0.3 is 5.97 Å². The summed E-state index contributed by atoms with van der Waals surface area (Å²) < 4.78 is 5.49. The van der Waals surface area contributed by atoms with Crippen LogP contribution in [0, 0.1) is 11.8 Å². The Balaban J connectivity index is 2.53. The van der Waals surface area contributed by atoms with E-state index >= 15 is 0 Å². The number of esters is 1. The fraction of sp³-hybridized carbons (Fsp3) is 0.938. The molecule has 0 saturated carbocycles. The highest BCUT2D eigenvalue weighted by Crippen LogP contribution is 2.25. The molecule has 0 N–H and O–H groups in total. The minimum atomic E-state index is -0.391. The standard InChI is InChI=1S/C16H31NO2/c1-12(2)14-8-7-10-17(11-9-14)13(3)15(18)19-16(4,5)6/h12-14H,7-11H2,1-6H3. The molecule has 3 heteroatoms. The van der Waals surface area contributed by atoms with Crippen molar-refractivity contribution in [2.75, 3.05) is 13.1 Å². The summed E-state index contributed by atoms with van der Waals surface area (Å²) in [6.45, 7) is 14.4. The molecular formula is C16H31NO2. The summed E-state index contributed by atoms with van der Waals surface area (Å²) in [6.07, 6.45) is 3.68. The van der Waals surface area contributed by atoms with Crippen LogP contribution in [0.15, 0.2) is 0 Å². The lowest BCUT2D eigenvalue weighted by molar-refractivity contribution is -0.160. The number of likely N-dealkylation sites (tertiary alicyclic amines) is 1. The molecule has 1 fully saturated rings. The molecule has 0 radical (unpaired) electrons. The van der Waals surface area contributed by atoms with Gasteiger partial charge in [0.25, 0.3) is 0 Å². The zero-order chi connectivity index (χ0) is 14.6. The third-order valence-electron chi connectivity index (χ3n) is 4.05. The lowest BCUT2D eigenvalue weighted by Gasteiger charge is -2.29. The van der Waals surface area contributed by atoms with Crippen LogP contribution in [-0.2, 0) is 9.53 Å². The molecule has 3 nitrogen and oxygen atoms in total. The van der Waals surface area contributed by atoms with Crippen molar-refractivity contribution in [1.29, 1.82) is 0 Å². The molecule has 112 valence electrons. The Labute approximate surface area is 118 Å². The maximum Gasteiger partial charge on any atom is 0.323 e. The first-order valence-electron chi connectivity index (χ1n) is 7.67. The first kappa shape index (κ1) is 16.5. The first-order chi connectivity index (χ1) is 8.70. The second-order valence-electron chi connectivity index (χ2n) is 7.18. The fourth-order valence-corrected chi connectivity index (χ4v) is 2.73. The Hall–Kier alpha value is -0.570. The Morgan fingerprint density at radius 2 is 1.79 bits per heavy atom. The summed E-state index contributed by atoms with van der Waals surface area (Å²) in [5.41, 5.74) is -0.391. The van der Waals surface area contributed by atoms with Gasteiger partial charge in [-0.3, -0.25) is 9.69 Å². The lowest BCUT2D eigenvalue weighted by atomic mass is 9.89. The number of carbonyl (C=O) groups is 1. The molecular weight excluding hydrogens is 238 g/mol. The molecule has 0 spiro atoms. The molecule has 0 aliphatic carbocycles. The van der Waals surface area contributed by atoms with Crippen molar-refractivity contribution in [2.24, 2.45) is 11.8 Å². The SMILES string of the molecule is CC(C)C1CCCN(C(C)C(=O)OC(C)(C)C)CC1. The van der Waals surface area contributed by atoms with E-state index in [-0.39, 0.29) is 12.0 Å². The Kier molecular flexibility index (Phi) is 5.84. The molecule has 0 aromatic heterocycles. The van der Waals surface area contributed by atoms with E-state index in [1.807, 2.05) is 27.7 Å². The van der Waals surface area contributed by atoms with Crippen LogP contribution in [0.4, 0.5) is 0 Å². The molecule has 0 aromatic rings. The summed E-state index contributed by atoms with van der Waals surface area (Å²) in [6, 6.07) is -0.120. The highest BCUT2D eigenvalue weighted by atomic mass is 16.6. The zero-order valence-corrected chi connectivity index (χ0v) is 13.5. The van der Waals surface area contributed by atoms with Gasteiger partial charge < -0.3 is 4.74 Å². The third kappa shape index (κ3) is 5.52. The van der Waals surface area contributed by atoms with Gasteiger partial charge in [0.15, 0.2) is 0 Å². The predicted octanol–water partition coefficient (Wildman–Crippen LogP) is 3.47. The average molecular weight is 269 g/mol. The Bertz CT molecular complexity index is 294. The predicted molar refractivity (Wildman–Crippen MR) is 79.1 cm³/mol. The number of hydrogen-bond donors (Lipinski definition) is 0. The van der Waals surface area contributed by atoms with Gasteiger partial charge in [-0.1, -0.05) is 13.8 Å². The highest BCUT2D eigenvalue weighted by Gasteiger charge is 2.28. The zero-order valence-electron chi connectivity index (χ0n) is 13.5. The van der Waals surface area contributed by atoms with E-state index in [0.717, 1.165) is 24.9 Å². The molecule has 1 rings (SSSR count). The molecule has 2 unspecified atom stereocenters. The van der Waals surface area contributed by atoms with Gasteiger partial charge in [0.1, 0.15) is 11.6 Å². The quantitative estimate of drug-likeness (QED) is 0.735. The number of hydrogen-bond acceptors (Lipinski definition) is 3. The van der Waals surface area contributed by atoms with Crippen LogP contribution in [0.25, 0.3) is 0 Å². The summed E-state index contributed by atoms with van der Waals surface area (Å²) in [5, 5.41) is 0. The van der Waals surface area contributed by atoms with E-state index in [2.05, 4.69) is 18.7 Å². The van der Waals surface area contributed by atoms with E-state index in [1.54, 1.807) is 0 Å². The minimum absolute atomic E-state index is 0.0875. The highest BCUT2D eigenvalue weighted by molar-refractivity contribution is 5.75. The largest absolute Gasteiger partial charge is 0.459 e. The minimum Gasteiger partial charge on any atom is -0.459 e. The molecule has 2 atom stereocenters. The van der Waals surface area contributed by atoms with Crippen LogP contribution in [0.3, 0.4) is 0 Å². The Morgan fingerprint density at radius 1 is 1.16 bits per heavy atom. The monoisotopic (exact) mass is 269 g/mol. The van der Waals surface area contributed by atoms with Gasteiger partial charge in [0.2, 0.25) is 0 Å². The smallest absolute Gasteiger partial charge is 0.323 e. The lowest BCUT2D eigenvalue weighted by Crippen LogP contribution is -2.43. The van der Waals surface area contributed by atoms with E-state index in [4.69, 9.17) is 4.74 Å². The van der Waals surface area contributed by atoms with Gasteiger partial charge in [-0.25, -0.2) is 0 Å². The van der Waals surface area contributed by atoms with Gasteiger partial charge in [0, 0.05) is 0 Å². The number of ether oxygens (including phenoxy) is 1. The van der Waals surface area contributed by atoms with Crippen LogP contribution in [0.5, 0.6) is 0 Å². The van der Waals surface area contributed by atoms with Crippen molar-refractivity contribution >= 4 is 5.97 Å². The van der Waals surface area contributed by atoms with Crippen molar-refractivity contribution in [3.8, 4) is 0 Å². The summed E-state index contributed by atoms with van der Waals surface area (Å²) in [7, 11) is 0. The molecule has 0 amide bonds. The van der Waals surface area contributed by atoms with Crippen molar-refractivity contribution < 1.29 is 9.53 Å². The van der Waals surface area contributed by atoms with Crippen LogP contribution < -0.4 is 0 Å². The maximum atomic E-state index is 12.1. The van der Waals surface area contributed by atoms with Crippen molar-refractivity contribution in [2.45, 2.75) is 72.4 Å². The van der Waals surface area contributed by atoms with Crippen LogP contribution in [0.1, 0.15) is 60.8 Å². The third-order valence-corrected chi connectivity index (χ3v) is 4.05. The van der Waals surface area contributed by atoms with Crippen molar-refractivity contribution in [3.63, 3.8) is 0 Å². The fourth-order valence-electron chi connectivity index (χ4n) is 2.73. The molecule has 1 heterocycles. The van der Waals surface area contributed by atoms with E-state index in [0.29, 0.717) is 0 Å². The molecule has 1 aliphatic heterocycles. The van der Waals surface area contributed by atoms with E-state index < -0.39 is 5.60 Å². The van der Waals surface area contributed by atoms with Gasteiger partial charge in [-0.2, -0.15) is 0 Å². The topological polar surface area (TPSA) is 29.5 Å². The number of nitrogens with zero attached hydrogens (tertiary/aromatic N) is 1. The normalized spacial score (nSPS) is 24.1. The molecule has 1 saturated heterocycles. The van der Waals surface area contributed by atoms with Crippen LogP contribution in [0.2, 0.25) is 0 Å². The molecule has 0 bridgehead atoms. The summed E-state index contributed by atoms with van der Waals surface area (Å²) in [4.78, 5) is 14.4. The number of rotatable bonds is 3. The van der Waals surface area contributed by atoms with Crippen molar-refractivity contribution in [1.82, 2.24) is 4.90 Å². The van der Waals surface area contributed by atoms with Gasteiger partial charge in [-0.05, 0) is 71.9 Å². The average Bonchev–Trinajstić information content (AvgIpc) is 2.50. The maximum absolute atomic E-state index is 12.1. The van der Waals surface area contributed by atoms with E-state index in [9.17, 15) is 4.79 Å². The second-order valence-corrected chi connectivity index (χ2v) is 7.18. The second kappa shape index (κ2) is 6.74. The molecule has 19 heavy (non-hydrogen) atoms. The van der Waals surface area contributed by atoms with Gasteiger partial charge in [0.05, 0.1) is 0 Å². The molecule has 1 aliphatic rings. The van der Waals surface area contributed by atoms with E-state index in [1.165, 1.54) is 19.3 Å². The molecule has 0 aromatic carbocycles. The first-order valence-corrected chi connectivity index (χ1v) is 7.67. The number of carbonyl (C=O) groups excluding carboxylic acids is 1. The van der Waals surface area contributed by atoms with Crippen molar-refractivity contribution in [3.05, 3.63) is 0 Å². The van der Waals surface area contributed by atoms with Crippen LogP contribution in [-0.4, -0.2) is 35.6 Å². The Morgan fingerprint density at radius 3 is 2.32 bits per heavy atom. The summed E-state index contributed by atoms with van der Waals surface area (Å²) in [5.74, 6) is 1.46. The summed E-state index contributed by atoms with van der Waals surface area (Å²) >= 11 is 0. The van der Waals surface area contributed by atoms with Gasteiger partial charge in [-0.15, -0.1) is 0 Å². The van der Waals surface area contributed by atoms with Crippen LogP contribution >= 0.6 is 0 Å².